The first-order valence-corrected chi connectivity index (χ1v) is 6.47. The number of benzene rings is 1. The topological polar surface area (TPSA) is 44.5 Å². The molecule has 2 atom stereocenters. The Kier molecular flexibility index (Phi) is 5.95. The minimum atomic E-state index is 0.0207. The van der Waals surface area contributed by atoms with Gasteiger partial charge in [-0.05, 0) is 46.0 Å². The fraction of sp³-hybridized carbons (Fsp3) is 0.538. The van der Waals surface area contributed by atoms with Gasteiger partial charge in [0, 0.05) is 19.8 Å². The number of hydrogen-bond donors (Lipinski definition) is 1. The summed E-state index contributed by atoms with van der Waals surface area (Å²) in [6.45, 7) is 2.88. The fourth-order valence-electron chi connectivity index (χ4n) is 1.70. The van der Waals surface area contributed by atoms with E-state index in [0.29, 0.717) is 5.92 Å². The van der Waals surface area contributed by atoms with E-state index in [4.69, 9.17) is 15.2 Å². The highest BCUT2D eigenvalue weighted by molar-refractivity contribution is 9.10. The Balaban J connectivity index is 2.74. The molecule has 0 saturated carbocycles. The summed E-state index contributed by atoms with van der Waals surface area (Å²) < 4.78 is 11.2. The summed E-state index contributed by atoms with van der Waals surface area (Å²) in [7, 11) is 3.36. The third kappa shape index (κ3) is 3.98. The van der Waals surface area contributed by atoms with E-state index in [9.17, 15) is 0 Å². The van der Waals surface area contributed by atoms with E-state index in [2.05, 4.69) is 22.9 Å². The van der Waals surface area contributed by atoms with Crippen molar-refractivity contribution in [2.45, 2.75) is 19.4 Å². The lowest BCUT2D eigenvalue weighted by atomic mass is 9.93. The normalized spacial score (nSPS) is 14.4. The van der Waals surface area contributed by atoms with Gasteiger partial charge in [0.15, 0.2) is 0 Å². The first-order chi connectivity index (χ1) is 8.10. The standard InChI is InChI=1S/C13H20BrNO2/c1-9(6-7-16-2)13(15)10-4-5-12(17-3)11(14)8-10/h4-5,8-9,13H,6-7,15H2,1-3H3. The number of nitrogens with two attached hydrogens (primary N) is 1. The van der Waals surface area contributed by atoms with Crippen LogP contribution in [0.1, 0.15) is 24.9 Å². The van der Waals surface area contributed by atoms with Crippen LogP contribution in [-0.4, -0.2) is 20.8 Å². The molecular formula is C13H20BrNO2. The van der Waals surface area contributed by atoms with Gasteiger partial charge in [0.05, 0.1) is 11.6 Å². The lowest BCUT2D eigenvalue weighted by molar-refractivity contribution is 0.174. The van der Waals surface area contributed by atoms with Crippen molar-refractivity contribution < 1.29 is 9.47 Å². The van der Waals surface area contributed by atoms with Crippen LogP contribution >= 0.6 is 15.9 Å². The third-order valence-corrected chi connectivity index (χ3v) is 3.57. The summed E-state index contributed by atoms with van der Waals surface area (Å²) in [5.41, 5.74) is 7.33. The van der Waals surface area contributed by atoms with E-state index in [0.717, 1.165) is 28.8 Å². The number of methoxy groups -OCH3 is 2. The van der Waals surface area contributed by atoms with Gasteiger partial charge < -0.3 is 15.2 Å². The quantitative estimate of drug-likeness (QED) is 0.878. The molecule has 2 unspecified atom stereocenters. The van der Waals surface area contributed by atoms with Gasteiger partial charge in [-0.3, -0.25) is 0 Å². The van der Waals surface area contributed by atoms with E-state index in [1.807, 2.05) is 18.2 Å². The van der Waals surface area contributed by atoms with Gasteiger partial charge >= 0.3 is 0 Å². The molecule has 96 valence electrons. The molecule has 0 aliphatic carbocycles. The summed E-state index contributed by atoms with van der Waals surface area (Å²) in [4.78, 5) is 0. The molecule has 0 bridgehead atoms. The SMILES string of the molecule is COCCC(C)C(N)c1ccc(OC)c(Br)c1. The molecule has 0 heterocycles. The zero-order valence-corrected chi connectivity index (χ0v) is 12.2. The van der Waals surface area contributed by atoms with Crippen molar-refractivity contribution in [2.75, 3.05) is 20.8 Å². The van der Waals surface area contributed by atoms with Crippen LogP contribution in [-0.2, 0) is 4.74 Å². The lowest BCUT2D eigenvalue weighted by Crippen LogP contribution is -2.20. The van der Waals surface area contributed by atoms with Crippen LogP contribution in [0.25, 0.3) is 0 Å². The first-order valence-electron chi connectivity index (χ1n) is 5.68. The Morgan fingerprint density at radius 1 is 1.35 bits per heavy atom. The molecule has 1 aromatic rings. The Morgan fingerprint density at radius 3 is 2.59 bits per heavy atom. The van der Waals surface area contributed by atoms with E-state index < -0.39 is 0 Å². The van der Waals surface area contributed by atoms with Crippen LogP contribution in [0.3, 0.4) is 0 Å². The van der Waals surface area contributed by atoms with Crippen LogP contribution in [0.2, 0.25) is 0 Å². The highest BCUT2D eigenvalue weighted by Gasteiger charge is 2.15. The molecule has 1 aromatic carbocycles. The smallest absolute Gasteiger partial charge is 0.133 e. The van der Waals surface area contributed by atoms with Crippen LogP contribution in [0.4, 0.5) is 0 Å². The second-order valence-corrected chi connectivity index (χ2v) is 5.03. The maximum atomic E-state index is 6.22. The van der Waals surface area contributed by atoms with Crippen LogP contribution < -0.4 is 10.5 Å². The zero-order valence-electron chi connectivity index (χ0n) is 10.6. The average Bonchev–Trinajstić information content (AvgIpc) is 2.34. The van der Waals surface area contributed by atoms with E-state index in [1.165, 1.54) is 0 Å². The van der Waals surface area contributed by atoms with Gasteiger partial charge in [0.1, 0.15) is 5.75 Å². The average molecular weight is 302 g/mol. The maximum absolute atomic E-state index is 6.22. The highest BCUT2D eigenvalue weighted by Crippen LogP contribution is 2.30. The summed E-state index contributed by atoms with van der Waals surface area (Å²) in [5, 5.41) is 0. The second kappa shape index (κ2) is 6.99. The molecule has 0 fully saturated rings. The molecular weight excluding hydrogens is 282 g/mol. The minimum Gasteiger partial charge on any atom is -0.496 e. The summed E-state index contributed by atoms with van der Waals surface area (Å²) in [6.07, 6.45) is 0.960. The molecule has 0 spiro atoms. The third-order valence-electron chi connectivity index (χ3n) is 2.95. The largest absolute Gasteiger partial charge is 0.496 e. The maximum Gasteiger partial charge on any atom is 0.133 e. The second-order valence-electron chi connectivity index (χ2n) is 4.18. The molecule has 0 aromatic heterocycles. The summed E-state index contributed by atoms with van der Waals surface area (Å²) >= 11 is 3.47. The van der Waals surface area contributed by atoms with Crippen molar-refractivity contribution in [3.05, 3.63) is 28.2 Å². The van der Waals surface area contributed by atoms with Crippen LogP contribution in [0.15, 0.2) is 22.7 Å². The van der Waals surface area contributed by atoms with Crippen LogP contribution in [0.5, 0.6) is 5.75 Å². The molecule has 0 radical (unpaired) electrons. The van der Waals surface area contributed by atoms with E-state index >= 15 is 0 Å². The van der Waals surface area contributed by atoms with E-state index in [-0.39, 0.29) is 6.04 Å². The Hall–Kier alpha value is -0.580. The molecule has 2 N–H and O–H groups in total. The van der Waals surface area contributed by atoms with Gasteiger partial charge in [0.25, 0.3) is 0 Å². The van der Waals surface area contributed by atoms with Gasteiger partial charge in [-0.2, -0.15) is 0 Å². The predicted octanol–water partition coefficient (Wildman–Crippen LogP) is 3.13. The molecule has 0 saturated heterocycles. The van der Waals surface area contributed by atoms with Crippen molar-refractivity contribution in [3.8, 4) is 5.75 Å². The minimum absolute atomic E-state index is 0.0207. The Morgan fingerprint density at radius 2 is 2.06 bits per heavy atom. The monoisotopic (exact) mass is 301 g/mol. The van der Waals surface area contributed by atoms with Crippen molar-refractivity contribution in [1.82, 2.24) is 0 Å². The zero-order chi connectivity index (χ0) is 12.8. The molecule has 0 amide bonds. The Bertz CT molecular complexity index is 357. The van der Waals surface area contributed by atoms with Crippen molar-refractivity contribution in [2.24, 2.45) is 11.7 Å². The first kappa shape index (κ1) is 14.5. The number of ether oxygens (including phenoxy) is 2. The summed E-state index contributed by atoms with van der Waals surface area (Å²) in [6, 6.07) is 5.99. The van der Waals surface area contributed by atoms with Gasteiger partial charge in [-0.15, -0.1) is 0 Å². The molecule has 3 nitrogen and oxygen atoms in total. The lowest BCUT2D eigenvalue weighted by Gasteiger charge is -2.20. The molecule has 0 aliphatic rings. The van der Waals surface area contributed by atoms with Gasteiger partial charge in [0.2, 0.25) is 0 Å². The Labute approximate surface area is 111 Å². The molecule has 17 heavy (non-hydrogen) atoms. The molecule has 0 aliphatic heterocycles. The van der Waals surface area contributed by atoms with Gasteiger partial charge in [-0.1, -0.05) is 13.0 Å². The van der Waals surface area contributed by atoms with E-state index in [1.54, 1.807) is 14.2 Å². The van der Waals surface area contributed by atoms with Gasteiger partial charge in [-0.25, -0.2) is 0 Å². The van der Waals surface area contributed by atoms with Crippen molar-refractivity contribution in [3.63, 3.8) is 0 Å². The summed E-state index contributed by atoms with van der Waals surface area (Å²) in [5.74, 6) is 1.21. The highest BCUT2D eigenvalue weighted by atomic mass is 79.9. The van der Waals surface area contributed by atoms with Crippen LogP contribution in [0, 0.1) is 5.92 Å². The van der Waals surface area contributed by atoms with Crippen molar-refractivity contribution in [1.29, 1.82) is 0 Å². The number of rotatable bonds is 6. The molecule has 1 rings (SSSR count). The fourth-order valence-corrected chi connectivity index (χ4v) is 2.26. The van der Waals surface area contributed by atoms with Crippen molar-refractivity contribution >= 4 is 15.9 Å². The number of hydrogen-bond acceptors (Lipinski definition) is 3. The predicted molar refractivity (Wildman–Crippen MR) is 73.3 cm³/mol. The number of halogens is 1. The molecule has 4 heteroatoms.